The van der Waals surface area contributed by atoms with E-state index >= 15 is 0 Å². The summed E-state index contributed by atoms with van der Waals surface area (Å²) >= 11 is 12.4. The molecular weight excluding hydrogens is 305 g/mol. The van der Waals surface area contributed by atoms with Gasteiger partial charge in [-0.05, 0) is 30.7 Å². The summed E-state index contributed by atoms with van der Waals surface area (Å²) < 4.78 is 5.69. The highest BCUT2D eigenvalue weighted by atomic mass is 35.5. The molecule has 21 heavy (non-hydrogen) atoms. The molecule has 0 fully saturated rings. The van der Waals surface area contributed by atoms with Crippen molar-refractivity contribution in [2.75, 3.05) is 14.2 Å². The standard InChI is InChI=1S/C17H19Cl2NO/c1-20-15(11-13-9-6-10-14(18)16(13)19)17(21-2)12-7-4-3-5-8-12/h3-10,15,17,20H,11H2,1-2H3. The number of hydrogen-bond donors (Lipinski definition) is 1. The monoisotopic (exact) mass is 323 g/mol. The Kier molecular flexibility index (Phi) is 6.07. The Morgan fingerprint density at radius 3 is 2.38 bits per heavy atom. The summed E-state index contributed by atoms with van der Waals surface area (Å²) in [6.07, 6.45) is 0.690. The van der Waals surface area contributed by atoms with Crippen molar-refractivity contribution in [3.8, 4) is 0 Å². The van der Waals surface area contributed by atoms with Crippen LogP contribution in [0.2, 0.25) is 10.0 Å². The van der Waals surface area contributed by atoms with Gasteiger partial charge in [0.25, 0.3) is 0 Å². The molecule has 112 valence electrons. The van der Waals surface area contributed by atoms with E-state index in [2.05, 4.69) is 17.4 Å². The van der Waals surface area contributed by atoms with Crippen LogP contribution in [-0.2, 0) is 11.2 Å². The highest BCUT2D eigenvalue weighted by Gasteiger charge is 2.23. The fraction of sp³-hybridized carbons (Fsp3) is 0.294. The minimum absolute atomic E-state index is 0.0498. The molecule has 2 aromatic rings. The van der Waals surface area contributed by atoms with Gasteiger partial charge in [-0.1, -0.05) is 65.7 Å². The molecule has 0 aliphatic carbocycles. The van der Waals surface area contributed by atoms with Crippen molar-refractivity contribution in [2.45, 2.75) is 18.6 Å². The zero-order chi connectivity index (χ0) is 15.2. The van der Waals surface area contributed by atoms with Crippen molar-refractivity contribution in [3.63, 3.8) is 0 Å². The van der Waals surface area contributed by atoms with E-state index in [-0.39, 0.29) is 12.1 Å². The van der Waals surface area contributed by atoms with E-state index in [4.69, 9.17) is 27.9 Å². The lowest BCUT2D eigenvalue weighted by Gasteiger charge is -2.26. The van der Waals surface area contributed by atoms with Gasteiger partial charge < -0.3 is 10.1 Å². The molecule has 0 bridgehead atoms. The average Bonchev–Trinajstić information content (AvgIpc) is 2.52. The smallest absolute Gasteiger partial charge is 0.0977 e. The number of rotatable bonds is 6. The van der Waals surface area contributed by atoms with Crippen molar-refractivity contribution in [1.29, 1.82) is 0 Å². The van der Waals surface area contributed by atoms with Gasteiger partial charge in [0.05, 0.1) is 16.1 Å². The van der Waals surface area contributed by atoms with E-state index in [9.17, 15) is 0 Å². The van der Waals surface area contributed by atoms with Crippen LogP contribution in [0.1, 0.15) is 17.2 Å². The highest BCUT2D eigenvalue weighted by Crippen LogP contribution is 2.29. The number of nitrogens with one attached hydrogen (secondary N) is 1. The molecule has 2 aromatic carbocycles. The molecule has 1 N–H and O–H groups in total. The van der Waals surface area contributed by atoms with E-state index in [0.29, 0.717) is 10.0 Å². The van der Waals surface area contributed by atoms with E-state index in [1.165, 1.54) is 0 Å². The maximum absolute atomic E-state index is 6.29. The van der Waals surface area contributed by atoms with Crippen molar-refractivity contribution in [3.05, 3.63) is 69.7 Å². The Morgan fingerprint density at radius 1 is 1.05 bits per heavy atom. The molecule has 0 aliphatic rings. The third-order valence-electron chi connectivity index (χ3n) is 3.59. The molecule has 4 heteroatoms. The number of hydrogen-bond acceptors (Lipinski definition) is 2. The molecule has 2 unspecified atom stereocenters. The fourth-order valence-electron chi connectivity index (χ4n) is 2.48. The molecule has 0 spiro atoms. The first-order valence-corrected chi connectivity index (χ1v) is 7.61. The van der Waals surface area contributed by atoms with E-state index in [0.717, 1.165) is 17.5 Å². The lowest BCUT2D eigenvalue weighted by Crippen LogP contribution is -2.35. The topological polar surface area (TPSA) is 21.3 Å². The largest absolute Gasteiger partial charge is 0.375 e. The third-order valence-corrected chi connectivity index (χ3v) is 4.45. The Morgan fingerprint density at radius 2 is 1.76 bits per heavy atom. The normalized spacial score (nSPS) is 13.9. The zero-order valence-corrected chi connectivity index (χ0v) is 13.7. The number of ether oxygens (including phenoxy) is 1. The number of benzene rings is 2. The van der Waals surface area contributed by atoms with Crippen molar-refractivity contribution >= 4 is 23.2 Å². The first kappa shape index (κ1) is 16.3. The van der Waals surface area contributed by atoms with E-state index < -0.39 is 0 Å². The quantitative estimate of drug-likeness (QED) is 0.844. The van der Waals surface area contributed by atoms with Crippen LogP contribution in [0.15, 0.2) is 48.5 Å². The zero-order valence-electron chi connectivity index (χ0n) is 12.1. The van der Waals surface area contributed by atoms with E-state index in [1.807, 2.05) is 37.4 Å². The summed E-state index contributed by atoms with van der Waals surface area (Å²) in [5, 5.41) is 4.51. The van der Waals surface area contributed by atoms with Crippen LogP contribution >= 0.6 is 23.2 Å². The number of likely N-dealkylation sites (N-methyl/N-ethyl adjacent to an activating group) is 1. The molecule has 0 aromatic heterocycles. The van der Waals surface area contributed by atoms with E-state index in [1.54, 1.807) is 13.2 Å². The Labute approximate surface area is 136 Å². The van der Waals surface area contributed by atoms with Crippen molar-refractivity contribution in [1.82, 2.24) is 5.32 Å². The van der Waals surface area contributed by atoms with Gasteiger partial charge in [-0.2, -0.15) is 0 Å². The molecule has 0 amide bonds. The molecule has 2 atom stereocenters. The van der Waals surface area contributed by atoms with Gasteiger partial charge in [0.15, 0.2) is 0 Å². The Bertz CT molecular complexity index is 574. The number of methoxy groups -OCH3 is 1. The summed E-state index contributed by atoms with van der Waals surface area (Å²) in [4.78, 5) is 0. The van der Waals surface area contributed by atoms with Gasteiger partial charge >= 0.3 is 0 Å². The van der Waals surface area contributed by atoms with Crippen LogP contribution in [0.3, 0.4) is 0 Å². The van der Waals surface area contributed by atoms with Crippen LogP contribution in [0.4, 0.5) is 0 Å². The van der Waals surface area contributed by atoms with Crippen LogP contribution in [0.25, 0.3) is 0 Å². The molecule has 2 rings (SSSR count). The van der Waals surface area contributed by atoms with Crippen LogP contribution < -0.4 is 5.32 Å². The average molecular weight is 324 g/mol. The maximum Gasteiger partial charge on any atom is 0.0977 e. The van der Waals surface area contributed by atoms with Crippen molar-refractivity contribution in [2.24, 2.45) is 0 Å². The van der Waals surface area contributed by atoms with Gasteiger partial charge in [-0.25, -0.2) is 0 Å². The fourth-order valence-corrected chi connectivity index (χ4v) is 2.88. The first-order valence-electron chi connectivity index (χ1n) is 6.85. The molecule has 0 radical (unpaired) electrons. The summed E-state index contributed by atoms with van der Waals surface area (Å²) in [5.41, 5.74) is 2.15. The van der Waals surface area contributed by atoms with Gasteiger partial charge in [0.2, 0.25) is 0 Å². The van der Waals surface area contributed by atoms with Gasteiger partial charge in [0, 0.05) is 13.2 Å². The molecule has 0 saturated heterocycles. The Hall–Kier alpha value is -1.06. The van der Waals surface area contributed by atoms with Gasteiger partial charge in [-0.3, -0.25) is 0 Å². The summed E-state index contributed by atoms with van der Waals surface area (Å²) in [7, 11) is 3.65. The van der Waals surface area contributed by atoms with Gasteiger partial charge in [-0.15, -0.1) is 0 Å². The highest BCUT2D eigenvalue weighted by molar-refractivity contribution is 6.42. The summed E-state index contributed by atoms with van der Waals surface area (Å²) in [5.74, 6) is 0. The van der Waals surface area contributed by atoms with Gasteiger partial charge in [0.1, 0.15) is 0 Å². The second-order valence-corrected chi connectivity index (χ2v) is 5.66. The summed E-state index contributed by atoms with van der Waals surface area (Å²) in [6, 6.07) is 16.0. The number of halogens is 2. The summed E-state index contributed by atoms with van der Waals surface area (Å²) in [6.45, 7) is 0. The second kappa shape index (κ2) is 7.81. The van der Waals surface area contributed by atoms with Crippen LogP contribution in [0.5, 0.6) is 0 Å². The lowest BCUT2D eigenvalue weighted by molar-refractivity contribution is 0.0704. The van der Waals surface area contributed by atoms with Crippen molar-refractivity contribution < 1.29 is 4.74 Å². The lowest BCUT2D eigenvalue weighted by atomic mass is 9.96. The molecule has 0 saturated carbocycles. The second-order valence-electron chi connectivity index (χ2n) is 4.88. The predicted octanol–water partition coefficient (Wildman–Crippen LogP) is 4.51. The first-order chi connectivity index (χ1) is 10.2. The third kappa shape index (κ3) is 3.98. The molecular formula is C17H19Cl2NO. The predicted molar refractivity (Wildman–Crippen MR) is 89.2 cm³/mol. The SMILES string of the molecule is CNC(Cc1cccc(Cl)c1Cl)C(OC)c1ccccc1. The maximum atomic E-state index is 6.29. The Balaban J connectivity index is 2.24. The molecule has 2 nitrogen and oxygen atoms in total. The minimum Gasteiger partial charge on any atom is -0.375 e. The molecule has 0 aliphatic heterocycles. The van der Waals surface area contributed by atoms with Crippen LogP contribution in [0, 0.1) is 0 Å². The van der Waals surface area contributed by atoms with Crippen LogP contribution in [-0.4, -0.2) is 20.2 Å². The molecule has 0 heterocycles. The minimum atomic E-state index is -0.0498.